The van der Waals surface area contributed by atoms with Crippen LogP contribution in [0.2, 0.25) is 0 Å². The molecule has 0 saturated heterocycles. The van der Waals surface area contributed by atoms with E-state index in [-0.39, 0.29) is 21.1 Å². The number of aromatic nitrogens is 2. The van der Waals surface area contributed by atoms with Crippen molar-refractivity contribution in [3.63, 3.8) is 0 Å². The molecule has 1 aromatic rings. The third kappa shape index (κ3) is 5.90. The second-order valence-corrected chi connectivity index (χ2v) is 1.30. The molecule has 1 aromatic heterocycles. The molecule has 56 valence electrons. The zero-order valence-corrected chi connectivity index (χ0v) is 9.39. The predicted octanol–water partition coefficient (Wildman–Crippen LogP) is 1.61. The normalized spacial score (nSPS) is 6.70. The number of hydrogen-bond donors (Lipinski definition) is 0. The van der Waals surface area contributed by atoms with E-state index < -0.39 is 0 Å². The van der Waals surface area contributed by atoms with E-state index in [0.29, 0.717) is 0 Å². The summed E-state index contributed by atoms with van der Waals surface area (Å²) in [6.45, 7) is 5.88. The Kier molecular flexibility index (Phi) is 10.9. The zero-order valence-electron chi connectivity index (χ0n) is 6.46. The Hall–Kier alpha value is -0.232. The Morgan fingerprint density at radius 2 is 2.00 bits per heavy atom. The van der Waals surface area contributed by atoms with E-state index in [1.807, 2.05) is 20.8 Å². The van der Waals surface area contributed by atoms with Crippen molar-refractivity contribution in [3.8, 4) is 0 Å². The van der Waals surface area contributed by atoms with E-state index >= 15 is 0 Å². The SMILES string of the molecule is CC.Cc1c[c-]cnn1.[W]. The molecule has 2 nitrogen and oxygen atoms in total. The number of aryl methyl sites for hydroxylation is 1. The van der Waals surface area contributed by atoms with Gasteiger partial charge in [0.1, 0.15) is 0 Å². The van der Waals surface area contributed by atoms with Gasteiger partial charge >= 0.3 is 0 Å². The summed E-state index contributed by atoms with van der Waals surface area (Å²) in [5.41, 5.74) is 0.905. The molecule has 0 N–H and O–H groups in total. The fourth-order valence-corrected chi connectivity index (χ4v) is 0.340. The molecular formula is C7H11N2W-. The van der Waals surface area contributed by atoms with Gasteiger partial charge in [-0.3, -0.25) is 5.10 Å². The Morgan fingerprint density at radius 1 is 1.40 bits per heavy atom. The molecule has 0 saturated carbocycles. The third-order valence-electron chi connectivity index (χ3n) is 0.640. The van der Waals surface area contributed by atoms with Gasteiger partial charge in [0.2, 0.25) is 0 Å². The first-order chi connectivity index (χ1) is 4.39. The summed E-state index contributed by atoms with van der Waals surface area (Å²) in [5.74, 6) is 0. The Labute approximate surface area is 76.3 Å². The van der Waals surface area contributed by atoms with E-state index in [1.165, 1.54) is 6.20 Å². The molecule has 0 aromatic carbocycles. The summed E-state index contributed by atoms with van der Waals surface area (Å²) in [6.07, 6.45) is 1.53. The van der Waals surface area contributed by atoms with Gasteiger partial charge in [0.15, 0.2) is 0 Å². The number of nitrogens with zero attached hydrogens (tertiary/aromatic N) is 2. The molecule has 0 radical (unpaired) electrons. The molecule has 0 aliphatic heterocycles. The summed E-state index contributed by atoms with van der Waals surface area (Å²) in [5, 5.41) is 7.28. The van der Waals surface area contributed by atoms with Crippen LogP contribution in [-0.4, -0.2) is 10.2 Å². The van der Waals surface area contributed by atoms with Gasteiger partial charge in [-0.1, -0.05) is 26.5 Å². The summed E-state index contributed by atoms with van der Waals surface area (Å²) in [6, 6.07) is 4.57. The minimum atomic E-state index is 0. The standard InChI is InChI=1S/C5H5N2.C2H6.W/c1-5-3-2-4-6-7-5;1-2;/h3-4H,1H3;1-2H3;/q-1;;. The predicted molar refractivity (Wildman–Crippen MR) is 37.0 cm³/mol. The first-order valence-corrected chi connectivity index (χ1v) is 3.05. The second-order valence-electron chi connectivity index (χ2n) is 1.30. The van der Waals surface area contributed by atoms with Crippen molar-refractivity contribution in [1.29, 1.82) is 0 Å². The van der Waals surface area contributed by atoms with E-state index in [9.17, 15) is 0 Å². The fraction of sp³-hybridized carbons (Fsp3) is 0.429. The summed E-state index contributed by atoms with van der Waals surface area (Å²) in [4.78, 5) is 0. The van der Waals surface area contributed by atoms with Crippen molar-refractivity contribution in [2.24, 2.45) is 0 Å². The van der Waals surface area contributed by atoms with Crippen molar-refractivity contribution in [2.75, 3.05) is 0 Å². The van der Waals surface area contributed by atoms with Gasteiger partial charge in [0.25, 0.3) is 0 Å². The molecule has 0 fully saturated rings. The van der Waals surface area contributed by atoms with Crippen LogP contribution in [0.5, 0.6) is 0 Å². The first-order valence-electron chi connectivity index (χ1n) is 3.05. The minimum absolute atomic E-state index is 0. The molecule has 0 bridgehead atoms. The van der Waals surface area contributed by atoms with Gasteiger partial charge in [0.05, 0.1) is 0 Å². The number of rotatable bonds is 0. The van der Waals surface area contributed by atoms with Crippen LogP contribution in [-0.2, 0) is 21.1 Å². The molecule has 0 amide bonds. The average Bonchev–Trinajstić information content (AvgIpc) is 1.94. The van der Waals surface area contributed by atoms with Crippen molar-refractivity contribution in [1.82, 2.24) is 10.2 Å². The van der Waals surface area contributed by atoms with Crippen molar-refractivity contribution in [2.45, 2.75) is 20.8 Å². The second kappa shape index (κ2) is 8.77. The van der Waals surface area contributed by atoms with Crippen LogP contribution in [0.25, 0.3) is 0 Å². The van der Waals surface area contributed by atoms with Gasteiger partial charge in [-0.2, -0.15) is 5.10 Å². The molecule has 0 aliphatic carbocycles. The van der Waals surface area contributed by atoms with Crippen LogP contribution in [0.3, 0.4) is 0 Å². The minimum Gasteiger partial charge on any atom is -0.255 e. The quantitative estimate of drug-likeness (QED) is 0.681. The van der Waals surface area contributed by atoms with Crippen molar-refractivity contribution in [3.05, 3.63) is 24.0 Å². The van der Waals surface area contributed by atoms with Crippen LogP contribution in [0.15, 0.2) is 12.3 Å². The maximum Gasteiger partial charge on any atom is 0 e. The van der Waals surface area contributed by atoms with Gasteiger partial charge in [-0.05, 0) is 6.20 Å². The number of hydrogen-bond acceptors (Lipinski definition) is 2. The van der Waals surface area contributed by atoms with E-state index in [1.54, 1.807) is 6.07 Å². The Balaban J connectivity index is 0. The fourth-order valence-electron chi connectivity index (χ4n) is 0.340. The maximum absolute atomic E-state index is 3.70. The molecule has 0 aliphatic rings. The van der Waals surface area contributed by atoms with Crippen LogP contribution in [0.1, 0.15) is 19.5 Å². The molecule has 0 unspecified atom stereocenters. The maximum atomic E-state index is 3.70. The zero-order chi connectivity index (χ0) is 7.11. The van der Waals surface area contributed by atoms with Gasteiger partial charge < -0.3 is 0 Å². The van der Waals surface area contributed by atoms with E-state index in [2.05, 4.69) is 16.3 Å². The molecule has 0 spiro atoms. The van der Waals surface area contributed by atoms with E-state index in [0.717, 1.165) is 5.69 Å². The molecular weight excluding hydrogens is 296 g/mol. The van der Waals surface area contributed by atoms with E-state index in [4.69, 9.17) is 0 Å². The van der Waals surface area contributed by atoms with Gasteiger partial charge in [-0.25, -0.2) is 12.1 Å². The van der Waals surface area contributed by atoms with Crippen LogP contribution in [0.4, 0.5) is 0 Å². The van der Waals surface area contributed by atoms with Crippen LogP contribution >= 0.6 is 0 Å². The molecule has 10 heavy (non-hydrogen) atoms. The Morgan fingerprint density at radius 3 is 2.20 bits per heavy atom. The van der Waals surface area contributed by atoms with Crippen LogP contribution < -0.4 is 0 Å². The third-order valence-corrected chi connectivity index (χ3v) is 0.640. The first kappa shape index (κ1) is 12.4. The van der Waals surface area contributed by atoms with Crippen molar-refractivity contribution >= 4 is 0 Å². The largest absolute Gasteiger partial charge is 0.255 e. The molecule has 1 rings (SSSR count). The van der Waals surface area contributed by atoms with Crippen molar-refractivity contribution < 1.29 is 21.1 Å². The summed E-state index contributed by atoms with van der Waals surface area (Å²) >= 11 is 0. The smallest absolute Gasteiger partial charge is 0 e. The molecule has 0 atom stereocenters. The molecule has 1 heterocycles. The summed E-state index contributed by atoms with van der Waals surface area (Å²) < 4.78 is 0. The van der Waals surface area contributed by atoms with Gasteiger partial charge in [-0.15, -0.1) is 0 Å². The van der Waals surface area contributed by atoms with Gasteiger partial charge in [0, 0.05) is 21.1 Å². The molecule has 3 heteroatoms. The average molecular weight is 307 g/mol. The topological polar surface area (TPSA) is 25.8 Å². The summed E-state index contributed by atoms with van der Waals surface area (Å²) in [7, 11) is 0. The monoisotopic (exact) mass is 307 g/mol. The van der Waals surface area contributed by atoms with Crippen LogP contribution in [0, 0.1) is 13.0 Å². The Bertz CT molecular complexity index is 142.